The summed E-state index contributed by atoms with van der Waals surface area (Å²) in [7, 11) is 4.44. The first-order valence-corrected chi connectivity index (χ1v) is 14.7. The summed E-state index contributed by atoms with van der Waals surface area (Å²) in [6, 6.07) is 22.6. The molecule has 232 valence electrons. The molecule has 0 aliphatic heterocycles. The lowest BCUT2D eigenvalue weighted by Crippen LogP contribution is -2.30. The van der Waals surface area contributed by atoms with Crippen molar-refractivity contribution in [3.05, 3.63) is 113 Å². The highest BCUT2D eigenvalue weighted by molar-refractivity contribution is 8.00. The van der Waals surface area contributed by atoms with E-state index in [1.54, 1.807) is 66.7 Å². The SMILES string of the molecule is COc1cc(/C=C(\NC(=O)c2ccccc2)C(=O)Nc2ccc(SCC(=O)Nc3ccc(F)c(Cl)c3)cc2)cc(OC)c1OC. The van der Waals surface area contributed by atoms with Crippen LogP contribution in [0.5, 0.6) is 17.2 Å². The van der Waals surface area contributed by atoms with Crippen molar-refractivity contribution < 1.29 is 33.0 Å². The van der Waals surface area contributed by atoms with E-state index in [2.05, 4.69) is 16.0 Å². The first-order valence-electron chi connectivity index (χ1n) is 13.4. The van der Waals surface area contributed by atoms with Gasteiger partial charge in [-0.25, -0.2) is 4.39 Å². The van der Waals surface area contributed by atoms with Gasteiger partial charge in [0, 0.05) is 21.8 Å². The molecule has 0 aliphatic carbocycles. The van der Waals surface area contributed by atoms with E-state index < -0.39 is 17.6 Å². The molecule has 0 fully saturated rings. The lowest BCUT2D eigenvalue weighted by molar-refractivity contribution is -0.114. The topological polar surface area (TPSA) is 115 Å². The zero-order valence-electron chi connectivity index (χ0n) is 24.5. The Kier molecular flexibility index (Phi) is 11.4. The molecule has 0 aromatic heterocycles. The highest BCUT2D eigenvalue weighted by atomic mass is 35.5. The van der Waals surface area contributed by atoms with Crippen LogP contribution in [0.2, 0.25) is 5.02 Å². The van der Waals surface area contributed by atoms with E-state index in [-0.39, 0.29) is 22.4 Å². The van der Waals surface area contributed by atoms with Crippen molar-refractivity contribution in [3.63, 3.8) is 0 Å². The van der Waals surface area contributed by atoms with Gasteiger partial charge in [0.2, 0.25) is 11.7 Å². The average molecular weight is 650 g/mol. The van der Waals surface area contributed by atoms with E-state index in [4.69, 9.17) is 25.8 Å². The summed E-state index contributed by atoms with van der Waals surface area (Å²) in [5, 5.41) is 8.07. The van der Waals surface area contributed by atoms with E-state index in [1.165, 1.54) is 57.4 Å². The second-order valence-electron chi connectivity index (χ2n) is 9.28. The van der Waals surface area contributed by atoms with E-state index in [0.717, 1.165) is 4.90 Å². The predicted octanol–water partition coefficient (Wildman–Crippen LogP) is 6.65. The number of methoxy groups -OCH3 is 3. The molecule has 3 amide bonds. The molecule has 0 bridgehead atoms. The van der Waals surface area contributed by atoms with Crippen LogP contribution in [-0.4, -0.2) is 44.8 Å². The van der Waals surface area contributed by atoms with Gasteiger partial charge < -0.3 is 30.2 Å². The number of amides is 3. The number of thioether (sulfide) groups is 1. The van der Waals surface area contributed by atoms with Crippen LogP contribution < -0.4 is 30.2 Å². The molecular weight excluding hydrogens is 621 g/mol. The second kappa shape index (κ2) is 15.6. The van der Waals surface area contributed by atoms with Crippen molar-refractivity contribution in [1.29, 1.82) is 0 Å². The Morgan fingerprint density at radius 1 is 0.822 bits per heavy atom. The maximum absolute atomic E-state index is 13.5. The highest BCUT2D eigenvalue weighted by Gasteiger charge is 2.18. The Morgan fingerprint density at radius 2 is 1.47 bits per heavy atom. The Hall–Kier alpha value is -5.00. The Labute approximate surface area is 268 Å². The number of ether oxygens (including phenoxy) is 3. The third kappa shape index (κ3) is 9.01. The Balaban J connectivity index is 1.49. The molecule has 9 nitrogen and oxygen atoms in total. The number of nitrogens with one attached hydrogen (secondary N) is 3. The van der Waals surface area contributed by atoms with Crippen LogP contribution in [0.3, 0.4) is 0 Å². The van der Waals surface area contributed by atoms with Crippen LogP contribution in [-0.2, 0) is 9.59 Å². The van der Waals surface area contributed by atoms with Gasteiger partial charge in [-0.2, -0.15) is 0 Å². The smallest absolute Gasteiger partial charge is 0.272 e. The molecule has 0 saturated heterocycles. The molecule has 0 spiro atoms. The number of anilines is 2. The summed E-state index contributed by atoms with van der Waals surface area (Å²) in [6.07, 6.45) is 1.50. The summed E-state index contributed by atoms with van der Waals surface area (Å²) in [4.78, 5) is 39.6. The average Bonchev–Trinajstić information content (AvgIpc) is 3.05. The minimum atomic E-state index is -0.578. The number of halogens is 2. The van der Waals surface area contributed by atoms with Gasteiger partial charge in [0.15, 0.2) is 11.5 Å². The van der Waals surface area contributed by atoms with Crippen molar-refractivity contribution in [3.8, 4) is 17.2 Å². The summed E-state index contributed by atoms with van der Waals surface area (Å²) in [5.41, 5.74) is 1.69. The van der Waals surface area contributed by atoms with Crippen molar-refractivity contribution in [1.82, 2.24) is 5.32 Å². The van der Waals surface area contributed by atoms with Crippen molar-refractivity contribution >= 4 is 58.5 Å². The molecule has 45 heavy (non-hydrogen) atoms. The highest BCUT2D eigenvalue weighted by Crippen LogP contribution is 2.38. The Bertz CT molecular complexity index is 1690. The second-order valence-corrected chi connectivity index (χ2v) is 10.7. The fraction of sp³-hybridized carbons (Fsp3) is 0.121. The molecule has 0 radical (unpaired) electrons. The number of rotatable bonds is 12. The largest absolute Gasteiger partial charge is 0.493 e. The Morgan fingerprint density at radius 3 is 2.07 bits per heavy atom. The van der Waals surface area contributed by atoms with E-state index in [1.807, 2.05) is 0 Å². The van der Waals surface area contributed by atoms with Gasteiger partial charge in [0.25, 0.3) is 11.8 Å². The monoisotopic (exact) mass is 649 g/mol. The van der Waals surface area contributed by atoms with Gasteiger partial charge in [0.1, 0.15) is 11.5 Å². The molecular formula is C33H29ClFN3O6S. The number of hydrogen-bond donors (Lipinski definition) is 3. The van der Waals surface area contributed by atoms with Crippen LogP contribution in [0.1, 0.15) is 15.9 Å². The van der Waals surface area contributed by atoms with Crippen molar-refractivity contribution in [2.45, 2.75) is 4.90 Å². The third-order valence-corrected chi connectivity index (χ3v) is 7.51. The van der Waals surface area contributed by atoms with E-state index in [9.17, 15) is 18.8 Å². The third-order valence-electron chi connectivity index (χ3n) is 6.21. The molecule has 0 atom stereocenters. The van der Waals surface area contributed by atoms with Gasteiger partial charge in [-0.1, -0.05) is 29.8 Å². The van der Waals surface area contributed by atoms with Crippen molar-refractivity contribution in [2.24, 2.45) is 0 Å². The van der Waals surface area contributed by atoms with Crippen LogP contribution in [0.25, 0.3) is 6.08 Å². The summed E-state index contributed by atoms with van der Waals surface area (Å²) in [5.74, 6) is -0.696. The van der Waals surface area contributed by atoms with Crippen molar-refractivity contribution in [2.75, 3.05) is 37.7 Å². The molecule has 0 unspecified atom stereocenters. The lowest BCUT2D eigenvalue weighted by atomic mass is 10.1. The van der Waals surface area contributed by atoms with Crippen LogP contribution in [0.15, 0.2) is 95.5 Å². The van der Waals surface area contributed by atoms with Gasteiger partial charge in [-0.15, -0.1) is 11.8 Å². The zero-order chi connectivity index (χ0) is 32.3. The number of carbonyl (C=O) groups is 3. The molecule has 4 aromatic rings. The van der Waals surface area contributed by atoms with E-state index >= 15 is 0 Å². The fourth-order valence-corrected chi connectivity index (χ4v) is 4.93. The van der Waals surface area contributed by atoms with Gasteiger partial charge in [-0.05, 0) is 78.4 Å². The van der Waals surface area contributed by atoms with Gasteiger partial charge >= 0.3 is 0 Å². The molecule has 4 aromatic carbocycles. The first kappa shape index (κ1) is 32.9. The molecule has 4 rings (SSSR count). The standard InChI is InChI=1S/C33H29ClFN3O6S/c1-42-28-16-20(17-29(43-2)31(28)44-3)15-27(38-32(40)21-7-5-4-6-8-21)33(41)37-22-9-12-24(13-10-22)45-19-30(39)36-23-11-14-26(35)25(34)18-23/h4-18H,19H2,1-3H3,(H,36,39)(H,37,41)(H,38,40)/b27-15-. The van der Waals surface area contributed by atoms with Crippen LogP contribution >= 0.6 is 23.4 Å². The maximum atomic E-state index is 13.5. The predicted molar refractivity (Wildman–Crippen MR) is 174 cm³/mol. The zero-order valence-corrected chi connectivity index (χ0v) is 26.1. The first-order chi connectivity index (χ1) is 21.7. The van der Waals surface area contributed by atoms with Gasteiger partial charge in [-0.3, -0.25) is 14.4 Å². The molecule has 0 aliphatic rings. The summed E-state index contributed by atoms with van der Waals surface area (Å²) < 4.78 is 29.6. The lowest BCUT2D eigenvalue weighted by Gasteiger charge is -2.15. The molecule has 12 heteroatoms. The van der Waals surface area contributed by atoms with Gasteiger partial charge in [0.05, 0.1) is 32.1 Å². The molecule has 0 heterocycles. The molecule has 3 N–H and O–H groups in total. The quantitative estimate of drug-likeness (QED) is 0.116. The normalized spacial score (nSPS) is 10.9. The molecule has 0 saturated carbocycles. The van der Waals surface area contributed by atoms with E-state index in [0.29, 0.717) is 39.8 Å². The number of benzene rings is 4. The summed E-state index contributed by atoms with van der Waals surface area (Å²) >= 11 is 7.04. The minimum absolute atomic E-state index is 0.0332. The minimum Gasteiger partial charge on any atom is -0.493 e. The van der Waals surface area contributed by atoms with Crippen LogP contribution in [0.4, 0.5) is 15.8 Å². The summed E-state index contributed by atoms with van der Waals surface area (Å²) in [6.45, 7) is 0. The number of hydrogen-bond acceptors (Lipinski definition) is 7. The van der Waals surface area contributed by atoms with Crippen LogP contribution in [0, 0.1) is 5.82 Å². The maximum Gasteiger partial charge on any atom is 0.272 e. The number of carbonyl (C=O) groups excluding carboxylic acids is 3. The fourth-order valence-electron chi connectivity index (χ4n) is 4.05.